The van der Waals surface area contributed by atoms with E-state index in [1.807, 2.05) is 0 Å². The molecule has 0 bridgehead atoms. The lowest BCUT2D eigenvalue weighted by Gasteiger charge is -2.14. The van der Waals surface area contributed by atoms with E-state index in [9.17, 15) is 14.9 Å². The normalized spacial score (nSPS) is 10.4. The third kappa shape index (κ3) is 3.09. The second kappa shape index (κ2) is 7.22. The van der Waals surface area contributed by atoms with Crippen molar-refractivity contribution in [2.24, 2.45) is 0 Å². The van der Waals surface area contributed by atoms with E-state index in [0.29, 0.717) is 17.1 Å². The molecule has 0 unspecified atom stereocenters. The fourth-order valence-electron chi connectivity index (χ4n) is 3.00. The second-order valence-corrected chi connectivity index (χ2v) is 5.69. The van der Waals surface area contributed by atoms with Crippen molar-refractivity contribution in [3.63, 3.8) is 0 Å². The minimum atomic E-state index is -0.499. The fraction of sp³-hybridized carbons (Fsp3) is 0.150. The van der Waals surface area contributed by atoms with E-state index in [-0.39, 0.29) is 28.7 Å². The summed E-state index contributed by atoms with van der Waals surface area (Å²) in [5.74, 6) is 3.43. The van der Waals surface area contributed by atoms with E-state index in [1.54, 1.807) is 30.3 Å². The molecule has 3 aromatic rings. The van der Waals surface area contributed by atoms with E-state index in [1.165, 1.54) is 30.9 Å². The number of nitro groups is 1. The molecule has 0 aliphatic rings. The Morgan fingerprint density at radius 3 is 2.26 bits per heavy atom. The highest BCUT2D eigenvalue weighted by Crippen LogP contribution is 2.36. The number of nitrogens with zero attached hydrogens (tertiary/aromatic N) is 2. The van der Waals surface area contributed by atoms with E-state index in [2.05, 4.69) is 5.92 Å². The number of rotatable bonds is 5. The molecule has 0 amide bonds. The van der Waals surface area contributed by atoms with Gasteiger partial charge in [-0.05, 0) is 42.5 Å². The molecule has 1 aromatic heterocycles. The molecule has 3 rings (SSSR count). The summed E-state index contributed by atoms with van der Waals surface area (Å²) in [7, 11) is 2.98. The largest absolute Gasteiger partial charge is 0.497 e. The Hall–Kier alpha value is -3.79. The van der Waals surface area contributed by atoms with Crippen LogP contribution in [0, 0.1) is 22.5 Å². The summed E-state index contributed by atoms with van der Waals surface area (Å²) in [5, 5.41) is 12.3. The van der Waals surface area contributed by atoms with Gasteiger partial charge in [0.25, 0.3) is 5.56 Å². The summed E-state index contributed by atoms with van der Waals surface area (Å²) in [4.78, 5) is 24.5. The standard InChI is InChI=1S/C20H16N2O5/c1-4-11-21-18(13-5-7-14(26-2)8-6-13)19(22(24)25)16-10-9-15(27-3)12-17(16)20(21)23/h1,5-10,12H,11H2,2-3H3. The van der Waals surface area contributed by atoms with Crippen LogP contribution < -0.4 is 15.0 Å². The Morgan fingerprint density at radius 2 is 1.70 bits per heavy atom. The van der Waals surface area contributed by atoms with Gasteiger partial charge >= 0.3 is 5.69 Å². The zero-order valence-corrected chi connectivity index (χ0v) is 14.8. The van der Waals surface area contributed by atoms with Gasteiger partial charge in [0.05, 0.1) is 36.5 Å². The highest BCUT2D eigenvalue weighted by Gasteiger charge is 2.26. The summed E-state index contributed by atoms with van der Waals surface area (Å²) < 4.78 is 11.5. The molecule has 0 radical (unpaired) electrons. The lowest BCUT2D eigenvalue weighted by atomic mass is 10.0. The zero-order valence-electron chi connectivity index (χ0n) is 14.8. The summed E-state index contributed by atoms with van der Waals surface area (Å²) in [5.41, 5.74) is 0.0433. The number of pyridine rings is 1. The maximum atomic E-state index is 13.0. The molecule has 0 saturated carbocycles. The molecule has 7 heteroatoms. The van der Waals surface area contributed by atoms with Gasteiger partial charge in [0.2, 0.25) is 0 Å². The molecule has 0 N–H and O–H groups in total. The number of hydrogen-bond acceptors (Lipinski definition) is 5. The fourth-order valence-corrected chi connectivity index (χ4v) is 3.00. The first kappa shape index (κ1) is 18.0. The zero-order chi connectivity index (χ0) is 19.6. The summed E-state index contributed by atoms with van der Waals surface area (Å²) >= 11 is 0. The summed E-state index contributed by atoms with van der Waals surface area (Å²) in [6, 6.07) is 11.2. The first-order valence-corrected chi connectivity index (χ1v) is 7.98. The van der Waals surface area contributed by atoms with Gasteiger partial charge < -0.3 is 9.47 Å². The SMILES string of the molecule is C#CCn1c(-c2ccc(OC)cc2)c([N+](=O)[O-])c2ccc(OC)cc2c1=O. The number of hydrogen-bond donors (Lipinski definition) is 0. The van der Waals surface area contributed by atoms with Crippen LogP contribution in [0.5, 0.6) is 11.5 Å². The first-order chi connectivity index (χ1) is 13.0. The molecule has 0 spiro atoms. The molecule has 0 aliphatic heterocycles. The third-order valence-electron chi connectivity index (χ3n) is 4.25. The van der Waals surface area contributed by atoms with Gasteiger partial charge in [-0.2, -0.15) is 0 Å². The Labute approximate surface area is 154 Å². The smallest absolute Gasteiger partial charge is 0.301 e. The molecule has 0 atom stereocenters. The molecule has 0 fully saturated rings. The average molecular weight is 364 g/mol. The van der Waals surface area contributed by atoms with Crippen molar-refractivity contribution in [2.45, 2.75) is 6.54 Å². The van der Waals surface area contributed by atoms with Crippen LogP contribution in [0.15, 0.2) is 47.3 Å². The van der Waals surface area contributed by atoms with E-state index in [4.69, 9.17) is 15.9 Å². The van der Waals surface area contributed by atoms with E-state index < -0.39 is 10.5 Å². The van der Waals surface area contributed by atoms with E-state index >= 15 is 0 Å². The molecule has 1 heterocycles. The number of ether oxygens (including phenoxy) is 2. The number of methoxy groups -OCH3 is 2. The van der Waals surface area contributed by atoms with Gasteiger partial charge in [-0.15, -0.1) is 6.42 Å². The molecule has 7 nitrogen and oxygen atoms in total. The maximum absolute atomic E-state index is 13.0. The topological polar surface area (TPSA) is 83.6 Å². The van der Waals surface area contributed by atoms with Gasteiger partial charge in [-0.25, -0.2) is 0 Å². The van der Waals surface area contributed by atoms with Crippen molar-refractivity contribution in [3.8, 4) is 35.1 Å². The Balaban J connectivity index is 2.47. The van der Waals surface area contributed by atoms with Crippen LogP contribution in [-0.4, -0.2) is 23.7 Å². The molecular formula is C20H16N2O5. The van der Waals surface area contributed by atoms with Crippen molar-refractivity contribution in [2.75, 3.05) is 14.2 Å². The van der Waals surface area contributed by atoms with Gasteiger partial charge in [-0.1, -0.05) is 5.92 Å². The average Bonchev–Trinajstić information content (AvgIpc) is 2.69. The summed E-state index contributed by atoms with van der Waals surface area (Å²) in [6.07, 6.45) is 5.42. The van der Waals surface area contributed by atoms with Crippen molar-refractivity contribution in [1.82, 2.24) is 4.57 Å². The molecule has 136 valence electrons. The van der Waals surface area contributed by atoms with Gasteiger partial charge in [0, 0.05) is 5.56 Å². The highest BCUT2D eigenvalue weighted by atomic mass is 16.6. The number of terminal acetylenes is 1. The van der Waals surface area contributed by atoms with Crippen molar-refractivity contribution < 1.29 is 14.4 Å². The van der Waals surface area contributed by atoms with Gasteiger partial charge in [0.1, 0.15) is 17.2 Å². The van der Waals surface area contributed by atoms with Crippen molar-refractivity contribution in [3.05, 3.63) is 62.9 Å². The Morgan fingerprint density at radius 1 is 1.07 bits per heavy atom. The van der Waals surface area contributed by atoms with Crippen LogP contribution >= 0.6 is 0 Å². The molecule has 27 heavy (non-hydrogen) atoms. The molecular weight excluding hydrogens is 348 g/mol. The van der Waals surface area contributed by atoms with Crippen LogP contribution in [0.4, 0.5) is 5.69 Å². The summed E-state index contributed by atoms with van der Waals surface area (Å²) in [6.45, 7) is -0.103. The van der Waals surface area contributed by atoms with Crippen LogP contribution in [0.2, 0.25) is 0 Å². The lowest BCUT2D eigenvalue weighted by molar-refractivity contribution is -0.382. The highest BCUT2D eigenvalue weighted by molar-refractivity contribution is 5.97. The first-order valence-electron chi connectivity index (χ1n) is 7.98. The van der Waals surface area contributed by atoms with Crippen LogP contribution in [-0.2, 0) is 6.54 Å². The minimum Gasteiger partial charge on any atom is -0.497 e. The van der Waals surface area contributed by atoms with Crippen LogP contribution in [0.3, 0.4) is 0 Å². The third-order valence-corrected chi connectivity index (χ3v) is 4.25. The minimum absolute atomic E-state index is 0.103. The molecule has 2 aromatic carbocycles. The quantitative estimate of drug-likeness (QED) is 0.394. The van der Waals surface area contributed by atoms with Crippen molar-refractivity contribution >= 4 is 16.5 Å². The van der Waals surface area contributed by atoms with Gasteiger partial charge in [0.15, 0.2) is 0 Å². The molecule has 0 aliphatic carbocycles. The Bertz CT molecular complexity index is 1120. The second-order valence-electron chi connectivity index (χ2n) is 5.69. The van der Waals surface area contributed by atoms with Gasteiger partial charge in [-0.3, -0.25) is 19.5 Å². The van der Waals surface area contributed by atoms with Crippen molar-refractivity contribution in [1.29, 1.82) is 0 Å². The van der Waals surface area contributed by atoms with Crippen LogP contribution in [0.1, 0.15) is 0 Å². The number of benzene rings is 2. The predicted octanol–water partition coefficient (Wildman–Crippen LogP) is 3.23. The Kier molecular flexibility index (Phi) is 4.81. The lowest BCUT2D eigenvalue weighted by Crippen LogP contribution is -2.23. The predicted molar refractivity (Wildman–Crippen MR) is 102 cm³/mol. The molecule has 0 saturated heterocycles. The van der Waals surface area contributed by atoms with E-state index in [0.717, 1.165) is 0 Å². The monoisotopic (exact) mass is 364 g/mol. The number of fused-ring (bicyclic) bond motifs is 1. The maximum Gasteiger partial charge on any atom is 0.301 e. The van der Waals surface area contributed by atoms with Crippen LogP contribution in [0.25, 0.3) is 22.0 Å². The number of aromatic nitrogens is 1.